The van der Waals surface area contributed by atoms with Crippen LogP contribution in [0.25, 0.3) is 0 Å². The molecule has 1 aromatic rings. The van der Waals surface area contributed by atoms with Crippen LogP contribution in [-0.4, -0.2) is 71.7 Å². The molecular formula is C17H22N4O4S. The van der Waals surface area contributed by atoms with Crippen molar-refractivity contribution in [2.45, 2.75) is 31.3 Å². The maximum atomic E-state index is 12.9. The summed E-state index contributed by atoms with van der Waals surface area (Å²) in [4.78, 5) is 32.9. The Labute approximate surface area is 152 Å². The standard InChI is InChI=1S/C17H22N4O4S/c18-15-5-4-12(8-19-15)17(23)21-7-6-20(16(22)11-2-1-3-11)13-9-26(24,25)10-14(13)21/h4-5,8,11,13-14H,1-3,6-7,9-10H2,(H2,18,19)/t13-,14+/m1/s1. The predicted molar refractivity (Wildman–Crippen MR) is 95.0 cm³/mol. The molecule has 2 saturated heterocycles. The molecular weight excluding hydrogens is 356 g/mol. The number of nitrogens with zero attached hydrogens (tertiary/aromatic N) is 3. The molecule has 1 aromatic heterocycles. The van der Waals surface area contributed by atoms with Crippen LogP contribution in [0.15, 0.2) is 18.3 Å². The van der Waals surface area contributed by atoms with Crippen LogP contribution in [-0.2, 0) is 14.6 Å². The highest BCUT2D eigenvalue weighted by molar-refractivity contribution is 7.91. The van der Waals surface area contributed by atoms with E-state index in [1.54, 1.807) is 21.9 Å². The summed E-state index contributed by atoms with van der Waals surface area (Å²) in [5, 5.41) is 0. The SMILES string of the molecule is Nc1ccc(C(=O)N2CCN(C(=O)C3CCC3)[C@@H]3CS(=O)(=O)C[C@@H]32)cn1. The molecule has 0 spiro atoms. The number of carbonyl (C=O) groups is 2. The third-order valence-corrected chi connectivity index (χ3v) is 7.41. The smallest absolute Gasteiger partial charge is 0.255 e. The lowest BCUT2D eigenvalue weighted by atomic mass is 9.83. The Morgan fingerprint density at radius 3 is 2.31 bits per heavy atom. The molecule has 3 heterocycles. The van der Waals surface area contributed by atoms with E-state index in [2.05, 4.69) is 4.98 Å². The highest BCUT2D eigenvalue weighted by Crippen LogP contribution is 2.33. The van der Waals surface area contributed by atoms with E-state index in [1.807, 2.05) is 0 Å². The molecule has 0 unspecified atom stereocenters. The fraction of sp³-hybridized carbons (Fsp3) is 0.588. The quantitative estimate of drug-likeness (QED) is 0.770. The Morgan fingerprint density at radius 1 is 1.08 bits per heavy atom. The number of aromatic nitrogens is 1. The zero-order valence-corrected chi connectivity index (χ0v) is 15.2. The molecule has 2 atom stereocenters. The van der Waals surface area contributed by atoms with Gasteiger partial charge in [-0.15, -0.1) is 0 Å². The molecule has 1 saturated carbocycles. The van der Waals surface area contributed by atoms with Crippen molar-refractivity contribution in [3.63, 3.8) is 0 Å². The predicted octanol–water partition coefficient (Wildman–Crippen LogP) is -0.0861. The number of nitrogens with two attached hydrogens (primary N) is 1. The molecule has 3 aliphatic rings. The second-order valence-corrected chi connectivity index (χ2v) is 9.50. The lowest BCUT2D eigenvalue weighted by Crippen LogP contribution is -2.63. The van der Waals surface area contributed by atoms with Crippen LogP contribution >= 0.6 is 0 Å². The van der Waals surface area contributed by atoms with Crippen molar-refractivity contribution in [2.75, 3.05) is 30.3 Å². The Hall–Kier alpha value is -2.16. The minimum absolute atomic E-state index is 0.0162. The fourth-order valence-electron chi connectivity index (χ4n) is 4.07. The van der Waals surface area contributed by atoms with E-state index in [4.69, 9.17) is 5.73 Å². The Kier molecular flexibility index (Phi) is 4.13. The van der Waals surface area contributed by atoms with Crippen LogP contribution in [0.5, 0.6) is 0 Å². The molecule has 26 heavy (non-hydrogen) atoms. The number of rotatable bonds is 2. The van der Waals surface area contributed by atoms with Gasteiger partial charge in [0.25, 0.3) is 5.91 Å². The van der Waals surface area contributed by atoms with E-state index >= 15 is 0 Å². The van der Waals surface area contributed by atoms with Crippen LogP contribution in [0.1, 0.15) is 29.6 Å². The molecule has 3 fully saturated rings. The lowest BCUT2D eigenvalue weighted by molar-refractivity contribution is -0.143. The van der Waals surface area contributed by atoms with Crippen LogP contribution in [0, 0.1) is 5.92 Å². The summed E-state index contributed by atoms with van der Waals surface area (Å²) in [6, 6.07) is 2.19. The number of anilines is 1. The zero-order valence-electron chi connectivity index (χ0n) is 14.4. The van der Waals surface area contributed by atoms with Gasteiger partial charge in [-0.25, -0.2) is 13.4 Å². The van der Waals surface area contributed by atoms with Crippen molar-refractivity contribution in [2.24, 2.45) is 5.92 Å². The number of fused-ring (bicyclic) bond motifs is 1. The molecule has 0 aromatic carbocycles. The van der Waals surface area contributed by atoms with Gasteiger partial charge in [0.05, 0.1) is 29.2 Å². The van der Waals surface area contributed by atoms with Crippen LogP contribution in [0.2, 0.25) is 0 Å². The van der Waals surface area contributed by atoms with E-state index in [1.165, 1.54) is 6.20 Å². The largest absolute Gasteiger partial charge is 0.384 e. The van der Waals surface area contributed by atoms with Gasteiger partial charge in [0.1, 0.15) is 5.82 Å². The highest BCUT2D eigenvalue weighted by atomic mass is 32.2. The fourth-order valence-corrected chi connectivity index (χ4v) is 6.05. The topological polar surface area (TPSA) is 114 Å². The molecule has 140 valence electrons. The summed E-state index contributed by atoms with van der Waals surface area (Å²) in [7, 11) is -3.29. The maximum absolute atomic E-state index is 12.9. The molecule has 4 rings (SSSR count). The second-order valence-electron chi connectivity index (χ2n) is 7.34. The van der Waals surface area contributed by atoms with Gasteiger partial charge in [-0.05, 0) is 25.0 Å². The van der Waals surface area contributed by atoms with Gasteiger partial charge in [0.2, 0.25) is 5.91 Å². The van der Waals surface area contributed by atoms with E-state index in [0.717, 1.165) is 19.3 Å². The minimum atomic E-state index is -3.29. The third-order valence-electron chi connectivity index (χ3n) is 5.71. The molecule has 0 bridgehead atoms. The molecule has 0 radical (unpaired) electrons. The van der Waals surface area contributed by atoms with Crippen molar-refractivity contribution in [1.29, 1.82) is 0 Å². The van der Waals surface area contributed by atoms with Crippen molar-refractivity contribution in [1.82, 2.24) is 14.8 Å². The van der Waals surface area contributed by atoms with Crippen molar-refractivity contribution in [3.05, 3.63) is 23.9 Å². The maximum Gasteiger partial charge on any atom is 0.255 e. The monoisotopic (exact) mass is 378 g/mol. The first kappa shape index (κ1) is 17.3. The Morgan fingerprint density at radius 2 is 1.73 bits per heavy atom. The summed E-state index contributed by atoms with van der Waals surface area (Å²) < 4.78 is 24.5. The van der Waals surface area contributed by atoms with E-state index in [9.17, 15) is 18.0 Å². The summed E-state index contributed by atoms with van der Waals surface area (Å²) >= 11 is 0. The van der Waals surface area contributed by atoms with Crippen LogP contribution in [0.4, 0.5) is 5.82 Å². The average molecular weight is 378 g/mol. The highest BCUT2D eigenvalue weighted by Gasteiger charge is 2.50. The number of nitrogen functional groups attached to an aromatic ring is 1. The zero-order chi connectivity index (χ0) is 18.5. The molecule has 2 amide bonds. The Balaban J connectivity index is 1.59. The van der Waals surface area contributed by atoms with Gasteiger partial charge in [-0.3, -0.25) is 9.59 Å². The molecule has 2 N–H and O–H groups in total. The first-order chi connectivity index (χ1) is 12.4. The minimum Gasteiger partial charge on any atom is -0.384 e. The summed E-state index contributed by atoms with van der Waals surface area (Å²) in [5.41, 5.74) is 5.94. The number of piperazine rings is 1. The van der Waals surface area contributed by atoms with Crippen molar-refractivity contribution < 1.29 is 18.0 Å². The van der Waals surface area contributed by atoms with Gasteiger partial charge in [-0.2, -0.15) is 0 Å². The lowest BCUT2D eigenvalue weighted by Gasteiger charge is -2.45. The summed E-state index contributed by atoms with van der Waals surface area (Å²) in [6.45, 7) is 0.707. The van der Waals surface area contributed by atoms with E-state index < -0.39 is 21.9 Å². The number of amides is 2. The van der Waals surface area contributed by atoms with Gasteiger partial charge in [0, 0.05) is 25.2 Å². The van der Waals surface area contributed by atoms with Gasteiger partial charge in [0.15, 0.2) is 9.84 Å². The average Bonchev–Trinajstić information content (AvgIpc) is 2.87. The first-order valence-corrected chi connectivity index (χ1v) is 10.7. The summed E-state index contributed by atoms with van der Waals surface area (Å²) in [5.74, 6) is -0.0496. The number of pyridine rings is 1. The normalized spacial score (nSPS) is 27.7. The van der Waals surface area contributed by atoms with Crippen molar-refractivity contribution >= 4 is 27.5 Å². The summed E-state index contributed by atoms with van der Waals surface area (Å²) in [6.07, 6.45) is 4.20. The molecule has 9 heteroatoms. The number of hydrogen-bond donors (Lipinski definition) is 1. The van der Waals surface area contributed by atoms with Crippen LogP contribution in [0.3, 0.4) is 0 Å². The van der Waals surface area contributed by atoms with E-state index in [0.29, 0.717) is 24.5 Å². The number of carbonyl (C=O) groups excluding carboxylic acids is 2. The first-order valence-electron chi connectivity index (χ1n) is 8.89. The van der Waals surface area contributed by atoms with Gasteiger partial charge >= 0.3 is 0 Å². The molecule has 1 aliphatic carbocycles. The van der Waals surface area contributed by atoms with Crippen LogP contribution < -0.4 is 5.73 Å². The van der Waals surface area contributed by atoms with Gasteiger partial charge < -0.3 is 15.5 Å². The van der Waals surface area contributed by atoms with Crippen molar-refractivity contribution in [3.8, 4) is 0 Å². The van der Waals surface area contributed by atoms with Gasteiger partial charge in [-0.1, -0.05) is 6.42 Å². The molecule has 2 aliphatic heterocycles. The van der Waals surface area contributed by atoms with E-state index in [-0.39, 0.29) is 29.2 Å². The third kappa shape index (κ3) is 2.94. The number of hydrogen-bond acceptors (Lipinski definition) is 6. The second kappa shape index (κ2) is 6.22. The number of sulfone groups is 1. The Bertz CT molecular complexity index is 835. The molecule has 8 nitrogen and oxygen atoms in total.